The molecule has 0 saturated carbocycles. The van der Waals surface area contributed by atoms with Crippen LogP contribution in [-0.4, -0.2) is 18.1 Å². The summed E-state index contributed by atoms with van der Waals surface area (Å²) in [5.74, 6) is 0. The molecule has 0 aromatic rings. The second-order valence-corrected chi connectivity index (χ2v) is 6.61. The van der Waals surface area contributed by atoms with E-state index in [1.54, 1.807) is 0 Å². The highest BCUT2D eigenvalue weighted by atomic mass is 31.2. The van der Waals surface area contributed by atoms with Crippen molar-refractivity contribution in [2.45, 2.75) is 90.9 Å². The Kier molecular flexibility index (Phi) is 17.6. The van der Waals surface area contributed by atoms with E-state index >= 15 is 0 Å². The normalized spacial score (nSPS) is 11.4. The summed E-state index contributed by atoms with van der Waals surface area (Å²) in [6, 6.07) is 0. The maximum atomic E-state index is 9.59. The van der Waals surface area contributed by atoms with Crippen LogP contribution in [-0.2, 0) is 9.05 Å². The van der Waals surface area contributed by atoms with Gasteiger partial charge >= 0.3 is 8.60 Å². The molecule has 1 N–H and O–H groups in total. The van der Waals surface area contributed by atoms with E-state index < -0.39 is 8.60 Å². The number of hydrogen-bond donors (Lipinski definition) is 1. The van der Waals surface area contributed by atoms with E-state index in [9.17, 15) is 4.89 Å². The van der Waals surface area contributed by atoms with Crippen molar-refractivity contribution in [3.63, 3.8) is 0 Å². The first-order valence-corrected chi connectivity index (χ1v) is 9.89. The molecule has 0 unspecified atom stereocenters. The summed E-state index contributed by atoms with van der Waals surface area (Å²) in [5.41, 5.74) is 0. The third-order valence-electron chi connectivity index (χ3n) is 3.45. The topological polar surface area (TPSA) is 38.7 Å². The summed E-state index contributed by atoms with van der Waals surface area (Å²) in [5, 5.41) is 0. The maximum Gasteiger partial charge on any atom is 0.395 e. The smallest absolute Gasteiger partial charge is 0.194 e. The third kappa shape index (κ3) is 16.4. The van der Waals surface area contributed by atoms with Crippen LogP contribution in [0.4, 0.5) is 0 Å². The molecule has 0 spiro atoms. The van der Waals surface area contributed by atoms with Crippen molar-refractivity contribution in [3.8, 4) is 0 Å². The first-order chi connectivity index (χ1) is 9.81. The predicted molar refractivity (Wildman–Crippen MR) is 89.2 cm³/mol. The van der Waals surface area contributed by atoms with Gasteiger partial charge in [0.15, 0.2) is 0 Å². The summed E-state index contributed by atoms with van der Waals surface area (Å²) in [7, 11) is -1.98. The van der Waals surface area contributed by atoms with Gasteiger partial charge in [-0.15, -0.1) is 0 Å². The van der Waals surface area contributed by atoms with Crippen molar-refractivity contribution in [1.29, 1.82) is 0 Å². The molecule has 0 aliphatic carbocycles. The van der Waals surface area contributed by atoms with E-state index in [-0.39, 0.29) is 0 Å². The Morgan fingerprint density at radius 1 is 0.600 bits per heavy atom. The monoisotopic (exact) mass is 307 g/mol. The molecule has 0 aliphatic rings. The van der Waals surface area contributed by atoms with Crippen LogP contribution in [0.3, 0.4) is 0 Å². The fourth-order valence-corrected chi connectivity index (χ4v) is 2.85. The van der Waals surface area contributed by atoms with Gasteiger partial charge in [0.2, 0.25) is 0 Å². The van der Waals surface area contributed by atoms with Gasteiger partial charge in [0.05, 0.1) is 13.2 Å². The minimum Gasteiger partial charge on any atom is -0.194 e. The third-order valence-corrected chi connectivity index (χ3v) is 4.35. The van der Waals surface area contributed by atoms with E-state index in [1.807, 2.05) is 0 Å². The van der Waals surface area contributed by atoms with Crippen molar-refractivity contribution < 1.29 is 13.9 Å². The van der Waals surface area contributed by atoms with Gasteiger partial charge in [-0.2, -0.15) is 13.9 Å². The van der Waals surface area contributed by atoms with Gasteiger partial charge in [-0.1, -0.05) is 78.1 Å². The standard InChI is InChI=1S/C16H36O3P/c1-3-5-7-9-11-13-15-18-20(17)19-16-14-12-10-8-6-4-2/h17,20H,3-16H2,1-2H3/q+1. The molecule has 20 heavy (non-hydrogen) atoms. The maximum absolute atomic E-state index is 9.59. The zero-order valence-corrected chi connectivity index (χ0v) is 14.7. The Balaban J connectivity index is 3.11. The molecular weight excluding hydrogens is 271 g/mol. The van der Waals surface area contributed by atoms with E-state index in [0.29, 0.717) is 13.2 Å². The van der Waals surface area contributed by atoms with Crippen LogP contribution in [0.5, 0.6) is 0 Å². The highest BCUT2D eigenvalue weighted by molar-refractivity contribution is 7.40. The van der Waals surface area contributed by atoms with Crippen molar-refractivity contribution in [2.75, 3.05) is 13.2 Å². The first-order valence-electron chi connectivity index (χ1n) is 8.62. The van der Waals surface area contributed by atoms with Gasteiger partial charge < -0.3 is 0 Å². The molecular formula is C16H36O3P+. The van der Waals surface area contributed by atoms with Crippen LogP contribution in [0, 0.1) is 0 Å². The van der Waals surface area contributed by atoms with E-state index in [0.717, 1.165) is 12.8 Å². The lowest BCUT2D eigenvalue weighted by atomic mass is 10.1. The molecule has 0 atom stereocenters. The molecule has 0 fully saturated rings. The van der Waals surface area contributed by atoms with Crippen LogP contribution in [0.2, 0.25) is 0 Å². The SMILES string of the molecule is CCCCCCCCO[PH+](O)OCCCCCCCC. The summed E-state index contributed by atoms with van der Waals surface area (Å²) >= 11 is 0. The van der Waals surface area contributed by atoms with Gasteiger partial charge in [0, 0.05) is 0 Å². The molecule has 122 valence electrons. The molecule has 0 aromatic carbocycles. The minimum absolute atomic E-state index is 0.646. The van der Waals surface area contributed by atoms with Crippen molar-refractivity contribution >= 4 is 8.60 Å². The second-order valence-electron chi connectivity index (χ2n) is 5.50. The highest BCUT2D eigenvalue weighted by Crippen LogP contribution is 2.33. The molecule has 0 amide bonds. The van der Waals surface area contributed by atoms with Crippen molar-refractivity contribution in [1.82, 2.24) is 0 Å². The van der Waals surface area contributed by atoms with Gasteiger partial charge in [-0.25, -0.2) is 0 Å². The fraction of sp³-hybridized carbons (Fsp3) is 1.00. The quantitative estimate of drug-likeness (QED) is 0.294. The fourth-order valence-electron chi connectivity index (χ4n) is 2.13. The van der Waals surface area contributed by atoms with Gasteiger partial charge in [-0.3, -0.25) is 0 Å². The zero-order valence-electron chi connectivity index (χ0n) is 13.7. The number of rotatable bonds is 16. The molecule has 0 rings (SSSR count). The van der Waals surface area contributed by atoms with Gasteiger partial charge in [0.25, 0.3) is 0 Å². The number of unbranched alkanes of at least 4 members (excludes halogenated alkanes) is 10. The number of hydrogen-bond acceptors (Lipinski definition) is 3. The zero-order chi connectivity index (χ0) is 14.9. The van der Waals surface area contributed by atoms with E-state index in [2.05, 4.69) is 13.8 Å². The van der Waals surface area contributed by atoms with Gasteiger partial charge in [-0.05, 0) is 12.8 Å². The Morgan fingerprint density at radius 2 is 0.950 bits per heavy atom. The summed E-state index contributed by atoms with van der Waals surface area (Å²) < 4.78 is 10.7. The van der Waals surface area contributed by atoms with Crippen LogP contribution in [0.1, 0.15) is 90.9 Å². The Labute approximate surface area is 127 Å². The average Bonchev–Trinajstić information content (AvgIpc) is 2.45. The van der Waals surface area contributed by atoms with E-state index in [4.69, 9.17) is 9.05 Å². The largest absolute Gasteiger partial charge is 0.395 e. The highest BCUT2D eigenvalue weighted by Gasteiger charge is 2.12. The minimum atomic E-state index is -1.98. The molecule has 0 heterocycles. The molecule has 0 aromatic heterocycles. The molecule has 0 bridgehead atoms. The second kappa shape index (κ2) is 17.4. The molecule has 0 radical (unpaired) electrons. The summed E-state index contributed by atoms with van der Waals surface area (Å²) in [6.45, 7) is 5.75. The molecule has 0 aliphatic heterocycles. The van der Waals surface area contributed by atoms with Crippen LogP contribution in [0.25, 0.3) is 0 Å². The lowest BCUT2D eigenvalue weighted by Gasteiger charge is -2.04. The lowest BCUT2D eigenvalue weighted by Crippen LogP contribution is -1.95. The summed E-state index contributed by atoms with van der Waals surface area (Å²) in [6.07, 6.45) is 14.9. The average molecular weight is 307 g/mol. The molecule has 4 heteroatoms. The summed E-state index contributed by atoms with van der Waals surface area (Å²) in [4.78, 5) is 9.59. The van der Waals surface area contributed by atoms with Crippen LogP contribution < -0.4 is 0 Å². The molecule has 0 saturated heterocycles. The van der Waals surface area contributed by atoms with Crippen LogP contribution >= 0.6 is 8.60 Å². The Morgan fingerprint density at radius 3 is 1.35 bits per heavy atom. The van der Waals surface area contributed by atoms with Crippen molar-refractivity contribution in [3.05, 3.63) is 0 Å². The predicted octanol–water partition coefficient (Wildman–Crippen LogP) is 5.69. The lowest BCUT2D eigenvalue weighted by molar-refractivity contribution is 0.194. The van der Waals surface area contributed by atoms with Gasteiger partial charge in [0.1, 0.15) is 0 Å². The first kappa shape index (κ1) is 20.3. The van der Waals surface area contributed by atoms with Crippen LogP contribution in [0.15, 0.2) is 0 Å². The van der Waals surface area contributed by atoms with Crippen molar-refractivity contribution in [2.24, 2.45) is 0 Å². The Hall–Kier alpha value is 0.310. The Bertz CT molecular complexity index is 161. The molecule has 3 nitrogen and oxygen atoms in total. The van der Waals surface area contributed by atoms with E-state index in [1.165, 1.54) is 64.2 Å².